The van der Waals surface area contributed by atoms with E-state index in [9.17, 15) is 4.79 Å². The van der Waals surface area contributed by atoms with Crippen LogP contribution in [0.1, 0.15) is 10.4 Å². The van der Waals surface area contributed by atoms with E-state index in [4.69, 9.17) is 25.1 Å². The van der Waals surface area contributed by atoms with Crippen molar-refractivity contribution in [2.75, 3.05) is 20.3 Å². The van der Waals surface area contributed by atoms with Gasteiger partial charge in [-0.05, 0) is 24.3 Å². The summed E-state index contributed by atoms with van der Waals surface area (Å²) in [6.45, 7) is -0.109. The Morgan fingerprint density at radius 1 is 1.14 bits per heavy atom. The molecule has 0 aliphatic carbocycles. The molecule has 0 spiro atoms. The summed E-state index contributed by atoms with van der Waals surface area (Å²) in [6.07, 6.45) is 0. The topological polar surface area (TPSA) is 91.0 Å². The zero-order chi connectivity index (χ0) is 15.9. The molecule has 0 aromatic heterocycles. The second-order valence-electron chi connectivity index (χ2n) is 4.38. The first-order chi connectivity index (χ1) is 10.6. The van der Waals surface area contributed by atoms with E-state index in [1.54, 1.807) is 43.5 Å². The van der Waals surface area contributed by atoms with Gasteiger partial charge in [0, 0.05) is 12.1 Å². The molecule has 0 bridgehead atoms. The van der Waals surface area contributed by atoms with Crippen LogP contribution in [-0.2, 0) is 0 Å². The minimum atomic E-state index is -0.610. The van der Waals surface area contributed by atoms with Gasteiger partial charge in [0.05, 0.1) is 19.3 Å². The lowest BCUT2D eigenvalue weighted by molar-refractivity contribution is 0.0994. The molecule has 0 aliphatic rings. The first-order valence-corrected chi connectivity index (χ1v) is 6.63. The summed E-state index contributed by atoms with van der Waals surface area (Å²) in [5.41, 5.74) is 5.52. The maximum Gasteiger partial charge on any atom is 0.252 e. The zero-order valence-electron chi connectivity index (χ0n) is 12.1. The van der Waals surface area contributed by atoms with E-state index in [-0.39, 0.29) is 24.5 Å². The van der Waals surface area contributed by atoms with E-state index < -0.39 is 5.91 Å². The molecule has 116 valence electrons. The summed E-state index contributed by atoms with van der Waals surface area (Å²) in [5.74, 6) is 1.39. The fourth-order valence-electron chi connectivity index (χ4n) is 1.85. The lowest BCUT2D eigenvalue weighted by Crippen LogP contribution is -2.14. The fourth-order valence-corrected chi connectivity index (χ4v) is 1.85. The third-order valence-electron chi connectivity index (χ3n) is 2.84. The zero-order valence-corrected chi connectivity index (χ0v) is 12.1. The molecule has 0 atom stereocenters. The van der Waals surface area contributed by atoms with Gasteiger partial charge in [0.1, 0.15) is 29.6 Å². The smallest absolute Gasteiger partial charge is 0.252 e. The number of hydrogen-bond acceptors (Lipinski definition) is 5. The lowest BCUT2D eigenvalue weighted by Gasteiger charge is -2.12. The van der Waals surface area contributed by atoms with Crippen LogP contribution < -0.4 is 19.9 Å². The molecule has 2 rings (SSSR count). The van der Waals surface area contributed by atoms with Gasteiger partial charge in [-0.25, -0.2) is 0 Å². The van der Waals surface area contributed by atoms with Crippen molar-refractivity contribution in [3.63, 3.8) is 0 Å². The van der Waals surface area contributed by atoms with E-state index in [2.05, 4.69) is 0 Å². The highest BCUT2D eigenvalue weighted by molar-refractivity contribution is 5.95. The molecule has 1 amide bonds. The molecule has 22 heavy (non-hydrogen) atoms. The molecule has 0 saturated carbocycles. The Hall–Kier alpha value is -2.73. The van der Waals surface area contributed by atoms with Crippen molar-refractivity contribution in [1.29, 1.82) is 0 Å². The molecule has 0 fully saturated rings. The van der Waals surface area contributed by atoms with E-state index >= 15 is 0 Å². The average molecular weight is 303 g/mol. The number of primary amides is 1. The SMILES string of the molecule is COc1cccc(Oc2ccc(C(N)=O)c(OCCO)c2)c1. The summed E-state index contributed by atoms with van der Waals surface area (Å²) >= 11 is 0. The van der Waals surface area contributed by atoms with Gasteiger partial charge >= 0.3 is 0 Å². The minimum Gasteiger partial charge on any atom is -0.497 e. The summed E-state index contributed by atoms with van der Waals surface area (Å²) in [4.78, 5) is 11.4. The molecular formula is C16H17NO5. The van der Waals surface area contributed by atoms with Gasteiger partial charge < -0.3 is 25.1 Å². The summed E-state index contributed by atoms with van der Waals surface area (Å²) < 4.78 is 16.1. The van der Waals surface area contributed by atoms with Crippen LogP contribution in [0.4, 0.5) is 0 Å². The number of carbonyl (C=O) groups is 1. The lowest BCUT2D eigenvalue weighted by atomic mass is 10.2. The third kappa shape index (κ3) is 3.89. The number of rotatable bonds is 7. The number of aliphatic hydroxyl groups is 1. The molecule has 0 heterocycles. The van der Waals surface area contributed by atoms with Crippen LogP contribution in [0, 0.1) is 0 Å². The van der Waals surface area contributed by atoms with Crippen LogP contribution in [0.5, 0.6) is 23.0 Å². The Kier molecular flexibility index (Phi) is 5.21. The van der Waals surface area contributed by atoms with Crippen molar-refractivity contribution < 1.29 is 24.1 Å². The third-order valence-corrected chi connectivity index (χ3v) is 2.84. The number of nitrogens with two attached hydrogens (primary N) is 1. The van der Waals surface area contributed by atoms with Crippen molar-refractivity contribution in [2.45, 2.75) is 0 Å². The van der Waals surface area contributed by atoms with Crippen LogP contribution >= 0.6 is 0 Å². The highest BCUT2D eigenvalue weighted by Crippen LogP contribution is 2.30. The molecule has 3 N–H and O–H groups in total. The van der Waals surface area contributed by atoms with Crippen molar-refractivity contribution in [3.8, 4) is 23.0 Å². The van der Waals surface area contributed by atoms with Gasteiger partial charge in [0.2, 0.25) is 0 Å². The second-order valence-corrected chi connectivity index (χ2v) is 4.38. The molecule has 6 nitrogen and oxygen atoms in total. The molecule has 2 aromatic carbocycles. The predicted molar refractivity (Wildman–Crippen MR) is 80.6 cm³/mol. The molecule has 0 saturated heterocycles. The van der Waals surface area contributed by atoms with E-state index in [0.29, 0.717) is 17.2 Å². The van der Waals surface area contributed by atoms with Gasteiger partial charge in [0.25, 0.3) is 5.91 Å². The quantitative estimate of drug-likeness (QED) is 0.816. The average Bonchev–Trinajstić information content (AvgIpc) is 2.53. The van der Waals surface area contributed by atoms with Crippen LogP contribution in [-0.4, -0.2) is 31.3 Å². The van der Waals surface area contributed by atoms with E-state index in [0.717, 1.165) is 0 Å². The molecule has 6 heteroatoms. The monoisotopic (exact) mass is 303 g/mol. The maximum absolute atomic E-state index is 11.4. The number of methoxy groups -OCH3 is 1. The van der Waals surface area contributed by atoms with Crippen LogP contribution in [0.3, 0.4) is 0 Å². The Morgan fingerprint density at radius 2 is 1.86 bits per heavy atom. The van der Waals surface area contributed by atoms with Crippen molar-refractivity contribution in [2.24, 2.45) is 5.73 Å². The molecular weight excluding hydrogens is 286 g/mol. The highest BCUT2D eigenvalue weighted by atomic mass is 16.5. The minimum absolute atomic E-state index is 0.0584. The normalized spacial score (nSPS) is 10.1. The highest BCUT2D eigenvalue weighted by Gasteiger charge is 2.11. The number of amides is 1. The van der Waals surface area contributed by atoms with Gasteiger partial charge in [0.15, 0.2) is 0 Å². The van der Waals surface area contributed by atoms with Crippen LogP contribution in [0.2, 0.25) is 0 Å². The molecule has 0 radical (unpaired) electrons. The molecule has 0 unspecified atom stereocenters. The Labute approximate surface area is 128 Å². The first-order valence-electron chi connectivity index (χ1n) is 6.63. The van der Waals surface area contributed by atoms with Gasteiger partial charge in [-0.2, -0.15) is 0 Å². The van der Waals surface area contributed by atoms with Crippen molar-refractivity contribution in [3.05, 3.63) is 48.0 Å². The van der Waals surface area contributed by atoms with Gasteiger partial charge in [-0.15, -0.1) is 0 Å². The number of aliphatic hydroxyl groups excluding tert-OH is 1. The largest absolute Gasteiger partial charge is 0.497 e. The van der Waals surface area contributed by atoms with Crippen LogP contribution in [0.15, 0.2) is 42.5 Å². The Morgan fingerprint density at radius 3 is 2.55 bits per heavy atom. The Balaban J connectivity index is 2.25. The maximum atomic E-state index is 11.4. The van der Waals surface area contributed by atoms with Crippen molar-refractivity contribution in [1.82, 2.24) is 0 Å². The first kappa shape index (κ1) is 15.7. The number of benzene rings is 2. The van der Waals surface area contributed by atoms with Crippen molar-refractivity contribution >= 4 is 5.91 Å². The number of hydrogen-bond donors (Lipinski definition) is 2. The number of carbonyl (C=O) groups excluding carboxylic acids is 1. The summed E-state index contributed by atoms with van der Waals surface area (Å²) in [5, 5.41) is 8.83. The standard InChI is InChI=1S/C16H17NO5/c1-20-11-3-2-4-12(9-11)22-13-5-6-14(16(17)19)15(10-13)21-8-7-18/h2-6,9-10,18H,7-8H2,1H3,(H2,17,19). The van der Waals surface area contributed by atoms with Gasteiger partial charge in [-0.1, -0.05) is 6.07 Å². The Bertz CT molecular complexity index is 657. The fraction of sp³-hybridized carbons (Fsp3) is 0.188. The number of ether oxygens (including phenoxy) is 3. The second kappa shape index (κ2) is 7.33. The van der Waals surface area contributed by atoms with Crippen LogP contribution in [0.25, 0.3) is 0 Å². The van der Waals surface area contributed by atoms with E-state index in [1.165, 1.54) is 6.07 Å². The van der Waals surface area contributed by atoms with E-state index in [1.807, 2.05) is 0 Å². The molecule has 0 aliphatic heterocycles. The van der Waals surface area contributed by atoms with Gasteiger partial charge in [-0.3, -0.25) is 4.79 Å². The summed E-state index contributed by atoms with van der Waals surface area (Å²) in [7, 11) is 1.57. The summed E-state index contributed by atoms with van der Waals surface area (Å²) in [6, 6.07) is 11.8. The predicted octanol–water partition coefficient (Wildman–Crippen LogP) is 1.96. The molecule has 2 aromatic rings.